The molecule has 1 aliphatic heterocycles. The molecule has 0 aromatic heterocycles. The molecule has 0 bridgehead atoms. The first-order chi connectivity index (χ1) is 6.93. The van der Waals surface area contributed by atoms with Crippen LogP contribution in [0.15, 0.2) is 23.3 Å². The molecule has 0 spiro atoms. The molecule has 1 nitrogen and oxygen atoms in total. The molecular weight excluding hydrogens is 172 g/mol. The first-order valence-corrected chi connectivity index (χ1v) is 5.99. The van der Waals surface area contributed by atoms with Crippen molar-refractivity contribution in [1.82, 2.24) is 0 Å². The second-order valence-electron chi connectivity index (χ2n) is 4.71. The zero-order chi connectivity index (χ0) is 9.38. The van der Waals surface area contributed by atoms with Crippen LogP contribution in [0.2, 0.25) is 0 Å². The van der Waals surface area contributed by atoms with Crippen LogP contribution in [0.3, 0.4) is 0 Å². The van der Waals surface area contributed by atoms with E-state index in [1.165, 1.54) is 50.5 Å². The lowest BCUT2D eigenvalue weighted by atomic mass is 9.84. The Morgan fingerprint density at radius 1 is 1.07 bits per heavy atom. The van der Waals surface area contributed by atoms with Crippen molar-refractivity contribution in [3.63, 3.8) is 0 Å². The van der Waals surface area contributed by atoms with E-state index in [2.05, 4.69) is 12.2 Å². The lowest BCUT2D eigenvalue weighted by Gasteiger charge is -2.36. The van der Waals surface area contributed by atoms with Crippen molar-refractivity contribution < 1.29 is 4.74 Å². The maximum Gasteiger partial charge on any atom is 0.0830 e. The van der Waals surface area contributed by atoms with Crippen molar-refractivity contribution in [1.29, 1.82) is 0 Å². The lowest BCUT2D eigenvalue weighted by molar-refractivity contribution is 0.00201. The van der Waals surface area contributed by atoms with E-state index < -0.39 is 0 Å². The Morgan fingerprint density at radius 3 is 3.00 bits per heavy atom. The zero-order valence-electron chi connectivity index (χ0n) is 8.67. The number of hydrogen-bond donors (Lipinski definition) is 0. The minimum absolute atomic E-state index is 0.440. The molecule has 0 radical (unpaired) electrons. The van der Waals surface area contributed by atoms with Crippen molar-refractivity contribution in [2.45, 2.75) is 57.2 Å². The zero-order valence-corrected chi connectivity index (χ0v) is 8.67. The number of ether oxygens (including phenoxy) is 1. The van der Waals surface area contributed by atoms with E-state index >= 15 is 0 Å². The summed E-state index contributed by atoms with van der Waals surface area (Å²) in [5.41, 5.74) is 3.05. The lowest BCUT2D eigenvalue weighted by Crippen LogP contribution is -2.32. The van der Waals surface area contributed by atoms with Gasteiger partial charge in [-0.3, -0.25) is 0 Å². The number of fused-ring (bicyclic) bond motifs is 2. The van der Waals surface area contributed by atoms with Gasteiger partial charge in [0.25, 0.3) is 0 Å². The number of hydrogen-bond acceptors (Lipinski definition) is 1. The Balaban J connectivity index is 1.89. The van der Waals surface area contributed by atoms with Gasteiger partial charge in [0.15, 0.2) is 0 Å². The van der Waals surface area contributed by atoms with Crippen molar-refractivity contribution in [2.24, 2.45) is 0 Å². The van der Waals surface area contributed by atoms with E-state index in [1.54, 1.807) is 5.57 Å². The third-order valence-corrected chi connectivity index (χ3v) is 3.70. The van der Waals surface area contributed by atoms with Crippen LogP contribution < -0.4 is 0 Å². The monoisotopic (exact) mass is 190 g/mol. The van der Waals surface area contributed by atoms with Gasteiger partial charge in [0.1, 0.15) is 0 Å². The van der Waals surface area contributed by atoms with E-state index in [-0.39, 0.29) is 0 Å². The van der Waals surface area contributed by atoms with Gasteiger partial charge in [0.2, 0.25) is 0 Å². The van der Waals surface area contributed by atoms with Gasteiger partial charge in [-0.2, -0.15) is 0 Å². The van der Waals surface area contributed by atoms with Crippen LogP contribution in [0.1, 0.15) is 44.9 Å². The minimum Gasteiger partial charge on any atom is -0.366 e. The Kier molecular flexibility index (Phi) is 2.21. The van der Waals surface area contributed by atoms with Crippen LogP contribution in [0.25, 0.3) is 0 Å². The summed E-state index contributed by atoms with van der Waals surface area (Å²) in [5.74, 6) is 0. The molecule has 0 N–H and O–H groups in total. The Bertz CT molecular complexity index is 288. The molecule has 3 rings (SSSR count). The van der Waals surface area contributed by atoms with E-state index in [9.17, 15) is 0 Å². The minimum atomic E-state index is 0.440. The molecule has 0 aromatic rings. The maximum atomic E-state index is 6.16. The number of rotatable bonds is 0. The van der Waals surface area contributed by atoms with E-state index in [4.69, 9.17) is 4.74 Å². The second kappa shape index (κ2) is 3.54. The fourth-order valence-corrected chi connectivity index (χ4v) is 2.91. The normalized spacial score (nSPS) is 36.6. The van der Waals surface area contributed by atoms with Crippen molar-refractivity contribution in [3.05, 3.63) is 23.3 Å². The third kappa shape index (κ3) is 1.44. The fraction of sp³-hybridized carbons (Fsp3) is 0.692. The van der Waals surface area contributed by atoms with E-state index in [0.717, 1.165) is 0 Å². The molecule has 1 heterocycles. The molecule has 0 aromatic carbocycles. The summed E-state index contributed by atoms with van der Waals surface area (Å²) < 4.78 is 6.16. The van der Waals surface area contributed by atoms with Crippen LogP contribution in [0, 0.1) is 0 Å². The molecule has 14 heavy (non-hydrogen) atoms. The molecule has 1 saturated carbocycles. The molecule has 3 aliphatic rings. The maximum absolute atomic E-state index is 6.16. The molecule has 0 saturated heterocycles. The molecular formula is C13H18O. The second-order valence-corrected chi connectivity index (χ2v) is 4.71. The van der Waals surface area contributed by atoms with Crippen molar-refractivity contribution in [2.75, 3.05) is 0 Å². The highest BCUT2D eigenvalue weighted by Gasteiger charge is 2.30. The van der Waals surface area contributed by atoms with Gasteiger partial charge < -0.3 is 4.74 Å². The van der Waals surface area contributed by atoms with Crippen LogP contribution in [0.4, 0.5) is 0 Å². The summed E-state index contributed by atoms with van der Waals surface area (Å²) in [7, 11) is 0. The summed E-state index contributed by atoms with van der Waals surface area (Å²) in [5, 5.41) is 0. The van der Waals surface area contributed by atoms with E-state index in [0.29, 0.717) is 12.2 Å². The third-order valence-electron chi connectivity index (χ3n) is 3.70. The molecule has 1 fully saturated rings. The van der Waals surface area contributed by atoms with Gasteiger partial charge in [-0.25, -0.2) is 0 Å². The summed E-state index contributed by atoms with van der Waals surface area (Å²) >= 11 is 0. The van der Waals surface area contributed by atoms with Gasteiger partial charge in [-0.15, -0.1) is 0 Å². The summed E-state index contributed by atoms with van der Waals surface area (Å²) in [6.07, 6.45) is 14.8. The molecule has 2 aliphatic carbocycles. The van der Waals surface area contributed by atoms with Crippen LogP contribution in [-0.2, 0) is 4.74 Å². The predicted octanol–water partition coefficient (Wildman–Crippen LogP) is 3.36. The summed E-state index contributed by atoms with van der Waals surface area (Å²) in [4.78, 5) is 0. The highest BCUT2D eigenvalue weighted by Crippen LogP contribution is 2.36. The average molecular weight is 190 g/mol. The first-order valence-electron chi connectivity index (χ1n) is 5.99. The molecule has 76 valence electrons. The standard InChI is InChI=1S/C13H18O/c1-3-7-12-10(5-1)9-11-6-2-4-8-13(11)14-12/h5,9,12-13H,1-4,6-8H2. The summed E-state index contributed by atoms with van der Waals surface area (Å²) in [6.45, 7) is 0. The molecule has 1 heteroatoms. The van der Waals surface area contributed by atoms with Gasteiger partial charge in [-0.1, -0.05) is 18.6 Å². The number of allylic oxidation sites excluding steroid dienone is 1. The van der Waals surface area contributed by atoms with Gasteiger partial charge in [0.05, 0.1) is 12.2 Å². The quantitative estimate of drug-likeness (QED) is 0.569. The van der Waals surface area contributed by atoms with Crippen LogP contribution >= 0.6 is 0 Å². The van der Waals surface area contributed by atoms with Crippen molar-refractivity contribution >= 4 is 0 Å². The van der Waals surface area contributed by atoms with Crippen LogP contribution in [-0.4, -0.2) is 12.2 Å². The average Bonchev–Trinajstić information content (AvgIpc) is 2.26. The first kappa shape index (κ1) is 8.72. The fourth-order valence-electron chi connectivity index (χ4n) is 2.91. The van der Waals surface area contributed by atoms with Gasteiger partial charge in [0, 0.05) is 0 Å². The molecule has 2 unspecified atom stereocenters. The molecule has 2 atom stereocenters. The smallest absolute Gasteiger partial charge is 0.0830 e. The SMILES string of the molecule is C1=C2C=C3CCCCC3OC2CCC1. The molecule has 0 amide bonds. The predicted molar refractivity (Wildman–Crippen MR) is 57.1 cm³/mol. The largest absolute Gasteiger partial charge is 0.366 e. The Morgan fingerprint density at radius 2 is 2.00 bits per heavy atom. The van der Waals surface area contributed by atoms with Crippen LogP contribution in [0.5, 0.6) is 0 Å². The Hall–Kier alpha value is -0.560. The topological polar surface area (TPSA) is 9.23 Å². The van der Waals surface area contributed by atoms with Crippen molar-refractivity contribution in [3.8, 4) is 0 Å². The van der Waals surface area contributed by atoms with E-state index in [1.807, 2.05) is 0 Å². The Labute approximate surface area is 85.8 Å². The highest BCUT2D eigenvalue weighted by molar-refractivity contribution is 5.34. The highest BCUT2D eigenvalue weighted by atomic mass is 16.5. The summed E-state index contributed by atoms with van der Waals surface area (Å²) in [6, 6.07) is 0. The van der Waals surface area contributed by atoms with Gasteiger partial charge >= 0.3 is 0 Å². The van der Waals surface area contributed by atoms with Gasteiger partial charge in [-0.05, 0) is 49.7 Å².